The second kappa shape index (κ2) is 7.14. The number of aliphatic hydroxyl groups excluding tert-OH is 1. The molecule has 0 aliphatic carbocycles. The van der Waals surface area contributed by atoms with Gasteiger partial charge >= 0.3 is 0 Å². The lowest BCUT2D eigenvalue weighted by atomic mass is 10.1. The van der Waals surface area contributed by atoms with Crippen molar-refractivity contribution in [3.8, 4) is 0 Å². The van der Waals surface area contributed by atoms with E-state index in [0.29, 0.717) is 6.54 Å². The van der Waals surface area contributed by atoms with Crippen LogP contribution in [-0.2, 0) is 11.4 Å². The van der Waals surface area contributed by atoms with Crippen molar-refractivity contribution in [3.05, 3.63) is 71.5 Å². The third-order valence-electron chi connectivity index (χ3n) is 3.10. The van der Waals surface area contributed by atoms with E-state index < -0.39 is 11.9 Å². The standard InChI is InChI=1S/C16H18FNO2/c1-20-18(11-13-7-3-2-4-8-13)12-16(19)14-9-5-6-10-15(14)17/h2-10,16,19H,11-12H2,1H3. The predicted molar refractivity (Wildman–Crippen MR) is 75.2 cm³/mol. The lowest BCUT2D eigenvalue weighted by Crippen LogP contribution is -2.27. The van der Waals surface area contributed by atoms with Gasteiger partial charge in [0.25, 0.3) is 0 Å². The van der Waals surface area contributed by atoms with E-state index in [4.69, 9.17) is 4.84 Å². The van der Waals surface area contributed by atoms with E-state index in [1.807, 2.05) is 30.3 Å². The third-order valence-corrected chi connectivity index (χ3v) is 3.10. The van der Waals surface area contributed by atoms with Crippen LogP contribution in [0, 0.1) is 5.82 Å². The summed E-state index contributed by atoms with van der Waals surface area (Å²) < 4.78 is 13.6. The highest BCUT2D eigenvalue weighted by molar-refractivity contribution is 5.20. The molecular weight excluding hydrogens is 257 g/mol. The van der Waals surface area contributed by atoms with Gasteiger partial charge in [-0.1, -0.05) is 48.5 Å². The zero-order valence-corrected chi connectivity index (χ0v) is 11.4. The summed E-state index contributed by atoms with van der Waals surface area (Å²) in [5.74, 6) is -0.407. The van der Waals surface area contributed by atoms with Crippen LogP contribution in [0.3, 0.4) is 0 Å². The van der Waals surface area contributed by atoms with Crippen LogP contribution < -0.4 is 0 Å². The second-order valence-electron chi connectivity index (χ2n) is 4.53. The van der Waals surface area contributed by atoms with E-state index in [-0.39, 0.29) is 12.1 Å². The minimum Gasteiger partial charge on any atom is -0.387 e. The summed E-state index contributed by atoms with van der Waals surface area (Å²) in [4.78, 5) is 5.24. The van der Waals surface area contributed by atoms with E-state index >= 15 is 0 Å². The molecule has 0 aliphatic rings. The van der Waals surface area contributed by atoms with Crippen molar-refractivity contribution in [2.45, 2.75) is 12.6 Å². The first-order valence-electron chi connectivity index (χ1n) is 6.46. The molecule has 0 radical (unpaired) electrons. The molecule has 1 unspecified atom stereocenters. The predicted octanol–water partition coefficient (Wildman–Crippen LogP) is 2.92. The van der Waals surface area contributed by atoms with Gasteiger partial charge in [0.1, 0.15) is 5.82 Å². The Morgan fingerprint density at radius 2 is 1.75 bits per heavy atom. The summed E-state index contributed by atoms with van der Waals surface area (Å²) in [6.45, 7) is 0.731. The quantitative estimate of drug-likeness (QED) is 0.823. The Kier molecular flexibility index (Phi) is 5.24. The van der Waals surface area contributed by atoms with Crippen LogP contribution in [0.1, 0.15) is 17.2 Å². The second-order valence-corrected chi connectivity index (χ2v) is 4.53. The van der Waals surface area contributed by atoms with Crippen LogP contribution >= 0.6 is 0 Å². The largest absolute Gasteiger partial charge is 0.387 e. The van der Waals surface area contributed by atoms with Gasteiger partial charge in [-0.3, -0.25) is 0 Å². The minimum absolute atomic E-state index is 0.201. The Morgan fingerprint density at radius 1 is 1.10 bits per heavy atom. The van der Waals surface area contributed by atoms with Gasteiger partial charge in [-0.05, 0) is 11.6 Å². The maximum Gasteiger partial charge on any atom is 0.129 e. The summed E-state index contributed by atoms with van der Waals surface area (Å²) in [7, 11) is 1.54. The van der Waals surface area contributed by atoms with Gasteiger partial charge in [0.05, 0.1) is 19.8 Å². The smallest absolute Gasteiger partial charge is 0.129 e. The van der Waals surface area contributed by atoms with Crippen LogP contribution in [0.25, 0.3) is 0 Å². The molecule has 0 spiro atoms. The molecule has 1 atom stereocenters. The van der Waals surface area contributed by atoms with Gasteiger partial charge in [-0.2, -0.15) is 5.06 Å². The zero-order valence-electron chi connectivity index (χ0n) is 11.4. The van der Waals surface area contributed by atoms with Crippen molar-refractivity contribution in [1.29, 1.82) is 0 Å². The number of hydroxylamine groups is 2. The minimum atomic E-state index is -0.931. The molecule has 4 heteroatoms. The summed E-state index contributed by atoms with van der Waals surface area (Å²) in [6, 6.07) is 16.0. The normalized spacial score (nSPS) is 12.6. The highest BCUT2D eigenvalue weighted by Crippen LogP contribution is 2.18. The van der Waals surface area contributed by atoms with Crippen LogP contribution in [0.4, 0.5) is 4.39 Å². The first-order chi connectivity index (χ1) is 9.70. The van der Waals surface area contributed by atoms with E-state index in [1.54, 1.807) is 23.3 Å². The average Bonchev–Trinajstić information content (AvgIpc) is 2.48. The molecular formula is C16H18FNO2. The Bertz CT molecular complexity index is 533. The fourth-order valence-corrected chi connectivity index (χ4v) is 2.03. The molecule has 106 valence electrons. The van der Waals surface area contributed by atoms with Crippen molar-refractivity contribution in [3.63, 3.8) is 0 Å². The van der Waals surface area contributed by atoms with E-state index in [9.17, 15) is 9.50 Å². The van der Waals surface area contributed by atoms with E-state index in [2.05, 4.69) is 0 Å². The van der Waals surface area contributed by atoms with Gasteiger partial charge in [-0.15, -0.1) is 0 Å². The number of halogens is 1. The van der Waals surface area contributed by atoms with Crippen molar-refractivity contribution in [1.82, 2.24) is 5.06 Å². The highest BCUT2D eigenvalue weighted by Gasteiger charge is 2.16. The number of aliphatic hydroxyl groups is 1. The molecule has 0 aromatic heterocycles. The van der Waals surface area contributed by atoms with Gasteiger partial charge in [-0.25, -0.2) is 4.39 Å². The van der Waals surface area contributed by atoms with Crippen molar-refractivity contribution in [2.24, 2.45) is 0 Å². The molecule has 0 saturated carbocycles. The SMILES string of the molecule is CON(Cc1ccccc1)CC(O)c1ccccc1F. The third kappa shape index (κ3) is 3.87. The summed E-state index contributed by atoms with van der Waals surface area (Å²) in [5.41, 5.74) is 1.35. The number of hydrogen-bond acceptors (Lipinski definition) is 3. The maximum atomic E-state index is 13.6. The number of rotatable bonds is 6. The molecule has 0 heterocycles. The average molecular weight is 275 g/mol. The molecule has 0 fully saturated rings. The van der Waals surface area contributed by atoms with Crippen molar-refractivity contribution >= 4 is 0 Å². The molecule has 0 amide bonds. The van der Waals surface area contributed by atoms with Crippen LogP contribution in [0.2, 0.25) is 0 Å². The van der Waals surface area contributed by atoms with E-state index in [0.717, 1.165) is 5.56 Å². The monoisotopic (exact) mass is 275 g/mol. The Hall–Kier alpha value is -1.75. The van der Waals surface area contributed by atoms with Crippen molar-refractivity contribution in [2.75, 3.05) is 13.7 Å². The molecule has 2 aromatic rings. The fraction of sp³-hybridized carbons (Fsp3) is 0.250. The lowest BCUT2D eigenvalue weighted by Gasteiger charge is -2.23. The first-order valence-corrected chi connectivity index (χ1v) is 6.46. The Labute approximate surface area is 118 Å². The summed E-state index contributed by atoms with van der Waals surface area (Å²) in [6.07, 6.45) is -0.931. The molecule has 1 N–H and O–H groups in total. The van der Waals surface area contributed by atoms with Crippen LogP contribution in [-0.4, -0.2) is 23.8 Å². The lowest BCUT2D eigenvalue weighted by molar-refractivity contribution is -0.156. The maximum absolute atomic E-state index is 13.6. The summed E-state index contributed by atoms with van der Waals surface area (Å²) in [5, 5.41) is 11.7. The van der Waals surface area contributed by atoms with Gasteiger partial charge in [0.2, 0.25) is 0 Å². The molecule has 0 saturated heterocycles. The number of benzene rings is 2. The van der Waals surface area contributed by atoms with Crippen LogP contribution in [0.15, 0.2) is 54.6 Å². The Morgan fingerprint density at radius 3 is 2.40 bits per heavy atom. The molecule has 0 bridgehead atoms. The molecule has 2 aromatic carbocycles. The first kappa shape index (κ1) is 14.7. The number of hydrogen-bond donors (Lipinski definition) is 1. The van der Waals surface area contributed by atoms with Crippen LogP contribution in [0.5, 0.6) is 0 Å². The molecule has 20 heavy (non-hydrogen) atoms. The Balaban J connectivity index is 2.01. The topological polar surface area (TPSA) is 32.7 Å². The van der Waals surface area contributed by atoms with Gasteiger partial charge in [0.15, 0.2) is 0 Å². The molecule has 2 rings (SSSR count). The van der Waals surface area contributed by atoms with Gasteiger partial charge < -0.3 is 9.94 Å². The van der Waals surface area contributed by atoms with Gasteiger partial charge in [0, 0.05) is 12.1 Å². The number of nitrogens with zero attached hydrogens (tertiary/aromatic N) is 1. The molecule has 0 aliphatic heterocycles. The molecule has 3 nitrogen and oxygen atoms in total. The summed E-state index contributed by atoms with van der Waals surface area (Å²) >= 11 is 0. The fourth-order valence-electron chi connectivity index (χ4n) is 2.03. The highest BCUT2D eigenvalue weighted by atomic mass is 19.1. The zero-order chi connectivity index (χ0) is 14.4. The van der Waals surface area contributed by atoms with E-state index in [1.165, 1.54) is 13.2 Å². The van der Waals surface area contributed by atoms with Crippen molar-refractivity contribution < 1.29 is 14.3 Å².